The number of ether oxygens (including phenoxy) is 2. The second-order valence-corrected chi connectivity index (χ2v) is 4.40. The second kappa shape index (κ2) is 7.40. The van der Waals surface area contributed by atoms with Gasteiger partial charge in [-0.2, -0.15) is 0 Å². The Balaban J connectivity index is 2.01. The Morgan fingerprint density at radius 2 is 2.05 bits per heavy atom. The summed E-state index contributed by atoms with van der Waals surface area (Å²) in [6.45, 7) is 0.371. The van der Waals surface area contributed by atoms with Crippen LogP contribution in [0.2, 0.25) is 0 Å². The van der Waals surface area contributed by atoms with Gasteiger partial charge in [-0.05, 0) is 30.2 Å². The van der Waals surface area contributed by atoms with Gasteiger partial charge in [0, 0.05) is 12.8 Å². The highest BCUT2D eigenvalue weighted by molar-refractivity contribution is 5.88. The van der Waals surface area contributed by atoms with Crippen molar-refractivity contribution < 1.29 is 19.4 Å². The lowest BCUT2D eigenvalue weighted by molar-refractivity contribution is 0.0600. The van der Waals surface area contributed by atoms with Gasteiger partial charge in [0.2, 0.25) is 0 Å². The molecule has 1 heterocycles. The molecule has 21 heavy (non-hydrogen) atoms. The minimum Gasteiger partial charge on any atom is -0.487 e. The second-order valence-electron chi connectivity index (χ2n) is 4.40. The molecule has 5 heteroatoms. The number of aliphatic hydroxyl groups excluding tert-OH is 1. The molecule has 1 aromatic carbocycles. The Labute approximate surface area is 123 Å². The zero-order valence-corrected chi connectivity index (χ0v) is 11.8. The molecule has 0 saturated heterocycles. The number of hydrogen-bond donors (Lipinski definition) is 1. The van der Waals surface area contributed by atoms with Gasteiger partial charge < -0.3 is 14.6 Å². The molecule has 1 aromatic heterocycles. The van der Waals surface area contributed by atoms with Crippen molar-refractivity contribution in [2.45, 2.75) is 13.0 Å². The van der Waals surface area contributed by atoms with Crippen LogP contribution in [-0.4, -0.2) is 29.8 Å². The van der Waals surface area contributed by atoms with Crippen molar-refractivity contribution in [3.05, 3.63) is 59.4 Å². The van der Waals surface area contributed by atoms with Gasteiger partial charge in [-0.1, -0.05) is 18.2 Å². The van der Waals surface area contributed by atoms with Crippen molar-refractivity contribution in [3.8, 4) is 5.75 Å². The van der Waals surface area contributed by atoms with Crippen molar-refractivity contribution in [2.24, 2.45) is 0 Å². The van der Waals surface area contributed by atoms with Crippen molar-refractivity contribution in [1.82, 2.24) is 4.98 Å². The van der Waals surface area contributed by atoms with Crippen molar-refractivity contribution in [1.29, 1.82) is 0 Å². The smallest absolute Gasteiger partial charge is 0.339 e. The molecule has 0 amide bonds. The van der Waals surface area contributed by atoms with Crippen LogP contribution in [0, 0.1) is 0 Å². The number of para-hydroxylation sites is 1. The Morgan fingerprint density at radius 3 is 2.71 bits per heavy atom. The molecule has 0 spiro atoms. The number of methoxy groups -OCH3 is 1. The quantitative estimate of drug-likeness (QED) is 0.823. The molecule has 110 valence electrons. The van der Waals surface area contributed by atoms with E-state index in [2.05, 4.69) is 9.72 Å². The van der Waals surface area contributed by atoms with E-state index in [1.165, 1.54) is 13.3 Å². The lowest BCUT2D eigenvalue weighted by Crippen LogP contribution is -2.05. The number of rotatable bonds is 6. The fraction of sp³-hybridized carbons (Fsp3) is 0.250. The summed E-state index contributed by atoms with van der Waals surface area (Å²) >= 11 is 0. The van der Waals surface area contributed by atoms with E-state index in [1.54, 1.807) is 12.1 Å². The zero-order valence-electron chi connectivity index (χ0n) is 11.8. The van der Waals surface area contributed by atoms with E-state index >= 15 is 0 Å². The largest absolute Gasteiger partial charge is 0.487 e. The summed E-state index contributed by atoms with van der Waals surface area (Å²) in [4.78, 5) is 15.5. The summed E-state index contributed by atoms with van der Waals surface area (Å²) in [5.41, 5.74) is 2.06. The number of hydrogen-bond acceptors (Lipinski definition) is 5. The minimum atomic E-state index is -0.414. The normalized spacial score (nSPS) is 10.2. The number of benzene rings is 1. The third kappa shape index (κ3) is 4.03. The molecule has 0 bridgehead atoms. The van der Waals surface area contributed by atoms with E-state index in [0.29, 0.717) is 24.3 Å². The Kier molecular flexibility index (Phi) is 5.29. The van der Waals surface area contributed by atoms with Crippen molar-refractivity contribution in [2.75, 3.05) is 13.7 Å². The first kappa shape index (κ1) is 15.0. The highest BCUT2D eigenvalue weighted by Gasteiger charge is 2.07. The molecule has 0 aliphatic carbocycles. The first-order chi connectivity index (χ1) is 10.2. The van der Waals surface area contributed by atoms with Crippen LogP contribution in [0.1, 0.15) is 21.6 Å². The molecule has 2 aromatic rings. The van der Waals surface area contributed by atoms with Crippen LogP contribution in [0.3, 0.4) is 0 Å². The molecule has 1 N–H and O–H groups in total. The van der Waals surface area contributed by atoms with Gasteiger partial charge in [-0.3, -0.25) is 4.98 Å². The van der Waals surface area contributed by atoms with E-state index in [9.17, 15) is 4.79 Å². The van der Waals surface area contributed by atoms with Gasteiger partial charge >= 0.3 is 5.97 Å². The van der Waals surface area contributed by atoms with Gasteiger partial charge in [0.1, 0.15) is 12.4 Å². The molecule has 5 nitrogen and oxygen atoms in total. The standard InChI is InChI=1S/C16H17NO4/c1-20-16(19)13-6-7-14(17-10-13)11-21-15-5-3-2-4-12(15)8-9-18/h2-7,10,18H,8-9,11H2,1H3. The molecule has 0 atom stereocenters. The molecule has 2 rings (SSSR count). The van der Waals surface area contributed by atoms with Gasteiger partial charge in [0.15, 0.2) is 0 Å². The van der Waals surface area contributed by atoms with E-state index in [4.69, 9.17) is 9.84 Å². The summed E-state index contributed by atoms with van der Waals surface area (Å²) in [5, 5.41) is 9.02. The number of nitrogens with zero attached hydrogens (tertiary/aromatic N) is 1. The predicted octanol–water partition coefficient (Wildman–Crippen LogP) is 1.98. The number of esters is 1. The van der Waals surface area contributed by atoms with E-state index in [0.717, 1.165) is 11.3 Å². The van der Waals surface area contributed by atoms with Crippen LogP contribution in [0.4, 0.5) is 0 Å². The van der Waals surface area contributed by atoms with Crippen LogP contribution < -0.4 is 4.74 Å². The van der Waals surface area contributed by atoms with Crippen LogP contribution in [-0.2, 0) is 17.8 Å². The maximum atomic E-state index is 11.3. The number of carbonyl (C=O) groups excluding carboxylic acids is 1. The summed E-state index contributed by atoms with van der Waals surface area (Å²) in [6.07, 6.45) is 2.01. The van der Waals surface area contributed by atoms with Crippen LogP contribution in [0.15, 0.2) is 42.6 Å². The molecule has 0 fully saturated rings. The number of pyridine rings is 1. The Morgan fingerprint density at radius 1 is 1.24 bits per heavy atom. The van der Waals surface area contributed by atoms with Gasteiger partial charge in [-0.15, -0.1) is 0 Å². The zero-order chi connectivity index (χ0) is 15.1. The average molecular weight is 287 g/mol. The monoisotopic (exact) mass is 287 g/mol. The molecule has 0 radical (unpaired) electrons. The maximum Gasteiger partial charge on any atom is 0.339 e. The molecule has 0 aliphatic rings. The topological polar surface area (TPSA) is 68.7 Å². The third-order valence-corrected chi connectivity index (χ3v) is 2.98. The van der Waals surface area contributed by atoms with Crippen LogP contribution in [0.5, 0.6) is 5.75 Å². The van der Waals surface area contributed by atoms with Crippen LogP contribution in [0.25, 0.3) is 0 Å². The van der Waals surface area contributed by atoms with Crippen molar-refractivity contribution >= 4 is 5.97 Å². The lowest BCUT2D eigenvalue weighted by Gasteiger charge is -2.10. The minimum absolute atomic E-state index is 0.0758. The van der Waals surface area contributed by atoms with Crippen molar-refractivity contribution in [3.63, 3.8) is 0 Å². The summed E-state index contributed by atoms with van der Waals surface area (Å²) in [5.74, 6) is 0.314. The summed E-state index contributed by atoms with van der Waals surface area (Å²) in [6, 6.07) is 10.9. The number of carbonyl (C=O) groups is 1. The van der Waals surface area contributed by atoms with Gasteiger partial charge in [0.25, 0.3) is 0 Å². The maximum absolute atomic E-state index is 11.3. The average Bonchev–Trinajstić information content (AvgIpc) is 2.54. The third-order valence-electron chi connectivity index (χ3n) is 2.98. The molecule has 0 saturated carbocycles. The Hall–Kier alpha value is -2.40. The summed E-state index contributed by atoms with van der Waals surface area (Å²) in [7, 11) is 1.33. The molecular weight excluding hydrogens is 270 g/mol. The van der Waals surface area contributed by atoms with Crippen LogP contribution >= 0.6 is 0 Å². The highest BCUT2D eigenvalue weighted by atomic mass is 16.5. The first-order valence-corrected chi connectivity index (χ1v) is 6.59. The lowest BCUT2D eigenvalue weighted by atomic mass is 10.1. The molecule has 0 unspecified atom stereocenters. The summed E-state index contributed by atoms with van der Waals surface area (Å²) < 4.78 is 10.3. The number of aromatic nitrogens is 1. The van der Waals surface area contributed by atoms with E-state index in [-0.39, 0.29) is 6.61 Å². The van der Waals surface area contributed by atoms with E-state index < -0.39 is 5.97 Å². The fourth-order valence-corrected chi connectivity index (χ4v) is 1.87. The van der Waals surface area contributed by atoms with Gasteiger partial charge in [-0.25, -0.2) is 4.79 Å². The molecular formula is C16H17NO4. The van der Waals surface area contributed by atoms with E-state index in [1.807, 2.05) is 24.3 Å². The SMILES string of the molecule is COC(=O)c1ccc(COc2ccccc2CCO)nc1. The fourth-order valence-electron chi connectivity index (χ4n) is 1.87. The van der Waals surface area contributed by atoms with Gasteiger partial charge in [0.05, 0.1) is 18.4 Å². The first-order valence-electron chi connectivity index (χ1n) is 6.59. The number of aliphatic hydroxyl groups is 1. The molecule has 0 aliphatic heterocycles. The predicted molar refractivity (Wildman–Crippen MR) is 77.1 cm³/mol. The highest BCUT2D eigenvalue weighted by Crippen LogP contribution is 2.19. The Bertz CT molecular complexity index is 595.